The van der Waals surface area contributed by atoms with Crippen molar-refractivity contribution < 1.29 is 50.0 Å². The maximum atomic E-state index is 14.9. The summed E-state index contributed by atoms with van der Waals surface area (Å²) in [7, 11) is 0. The molecule has 1 unspecified atom stereocenters. The van der Waals surface area contributed by atoms with E-state index in [-0.39, 0.29) is 60.0 Å². The van der Waals surface area contributed by atoms with Crippen LogP contribution in [-0.2, 0) is 43.3 Å². The van der Waals surface area contributed by atoms with Crippen molar-refractivity contribution in [2.45, 2.75) is 190 Å². The average Bonchev–Trinajstić information content (AvgIpc) is 1.59. The van der Waals surface area contributed by atoms with Crippen molar-refractivity contribution in [3.8, 4) is 90.6 Å². The summed E-state index contributed by atoms with van der Waals surface area (Å²) in [6, 6.07) is 28.1. The minimum Gasteiger partial charge on any atom is -0.380 e. The lowest BCUT2D eigenvalue weighted by Crippen LogP contribution is -2.47. The van der Waals surface area contributed by atoms with E-state index in [2.05, 4.69) is 130 Å². The van der Waals surface area contributed by atoms with Gasteiger partial charge in [-0.3, -0.25) is 18.7 Å². The standard InChI is InChI=1S/C27H30F3N7O.2C27H32FN7O.C27H31FN6O2/c1-15-13-38-9-8-36(15)24-12-22(33-26(34-24)20-10-18(28)11-21-19(20)4-7-32-21)25-16(2)35-37(17(25)3)23-5-6-31-14-27(23,29)30;2*1-16-15-36-10-9-34(16)25-13-24(26-17(2)33-35(18(26)3)14-20-5-4-7-29-20)31-27(32-25)22-11-19(28)12-23-21(22)6-8-30-23;1-16-12-35-8-7-33(16)24-11-23(25-17(2)32-34(18(25)3)13-27(4)14-36-15-27)30-26(31-24)21-9-19(28)10-22-20(21)5-6-29-22/h4,7,10-12,15,23,31-32H,5-6,8-9,13-14H2,1-3H3;2*6,8,11-13,16,20,29-30H,4-5,7,9-10,14-15H2,1-3H3;5-6,9-11,16,29H,7-8,12-15H2,1-4H3/t15-,23?;16-,20+;16-,20-;16-/m1111/s1. The van der Waals surface area contributed by atoms with Crippen LogP contribution in [-0.4, -0.2) is 260 Å². The van der Waals surface area contributed by atoms with Crippen molar-refractivity contribution in [1.29, 1.82) is 0 Å². The van der Waals surface area contributed by atoms with Crippen LogP contribution in [0.3, 0.4) is 0 Å². The number of ether oxygens (including phenoxy) is 5. The van der Waals surface area contributed by atoms with Crippen LogP contribution in [0.15, 0.2) is 122 Å². The van der Waals surface area contributed by atoms with Gasteiger partial charge in [0.2, 0.25) is 0 Å². The zero-order valence-corrected chi connectivity index (χ0v) is 84.7. The summed E-state index contributed by atoms with van der Waals surface area (Å²) >= 11 is 0. The summed E-state index contributed by atoms with van der Waals surface area (Å²) in [6.45, 7) is 40.7. The Morgan fingerprint density at radius 2 is 0.685 bits per heavy atom. The van der Waals surface area contributed by atoms with Crippen molar-refractivity contribution in [3.05, 3.63) is 191 Å². The summed E-state index contributed by atoms with van der Waals surface area (Å²) in [5.41, 5.74) is 19.4. The van der Waals surface area contributed by atoms with E-state index >= 15 is 0 Å². The lowest BCUT2D eigenvalue weighted by molar-refractivity contribution is -0.111. The molecule has 20 heterocycles. The smallest absolute Gasteiger partial charge is 0.282 e. The first kappa shape index (κ1) is 98.7. The molecule has 0 saturated carbocycles. The number of benzene rings is 4. The SMILES string of the molecule is Cc1nn(C2CCNCC2(F)F)c(C)c1-c1cc(N2CCOC[C@H]2C)nc(-c2cc(F)cc3[nH]ccc23)n1.Cc1nn(CC2(C)COC2)c(C)c1-c1cc(N2CCOC[C@H]2C)nc(-c2cc(F)cc3[nH]ccc23)n1.Cc1nn(C[C@@H]2CCCN2)c(C)c1-c1cc(N2CCOC[C@H]2C)nc(-c2cc(F)cc3[nH]ccc23)n1.Cc1nn(C[C@H]2CCCN2)c(C)c1-c1cc(N2CCOC[C@H]2C)nc(-c2cc(F)cc3[nH]ccc23)n1. The molecular formula is C108H125F6N27O5. The monoisotopic (exact) mass is 1990 g/mol. The molecule has 24 rings (SSSR count). The molecule has 0 spiro atoms. The molecule has 8 fully saturated rings. The molecule has 8 aliphatic rings. The Bertz CT molecular complexity index is 7270. The van der Waals surface area contributed by atoms with Gasteiger partial charge in [0.15, 0.2) is 23.3 Å². The highest BCUT2D eigenvalue weighted by atomic mass is 19.3. The number of aromatic amines is 4. The molecule has 8 aliphatic heterocycles. The number of hydrogen-bond donors (Lipinski definition) is 7. The van der Waals surface area contributed by atoms with E-state index in [0.29, 0.717) is 158 Å². The first-order valence-corrected chi connectivity index (χ1v) is 50.8. The third-order valence-electron chi connectivity index (χ3n) is 29.8. The van der Waals surface area contributed by atoms with Crippen molar-refractivity contribution in [1.82, 2.24) is 115 Å². The number of nitrogens with one attached hydrogen (secondary N) is 7. The number of rotatable bonds is 19. The van der Waals surface area contributed by atoms with Crippen LogP contribution >= 0.6 is 0 Å². The molecule has 4 aromatic carbocycles. The van der Waals surface area contributed by atoms with E-state index in [4.69, 9.17) is 78.9 Å². The minimum absolute atomic E-state index is 0.0671. The Labute approximate surface area is 842 Å². The van der Waals surface area contributed by atoms with Gasteiger partial charge < -0.3 is 79.2 Å². The number of anilines is 4. The lowest BCUT2D eigenvalue weighted by Gasteiger charge is -2.38. The number of fused-ring (bicyclic) bond motifs is 4. The molecule has 0 amide bonds. The van der Waals surface area contributed by atoms with Crippen LogP contribution in [0.2, 0.25) is 0 Å². The number of alkyl halides is 2. The van der Waals surface area contributed by atoms with E-state index < -0.39 is 17.8 Å². The zero-order chi connectivity index (χ0) is 101. The molecular weight excluding hydrogens is 1870 g/mol. The van der Waals surface area contributed by atoms with E-state index in [0.717, 1.165) is 202 Å². The zero-order valence-electron chi connectivity index (χ0n) is 84.7. The van der Waals surface area contributed by atoms with Crippen LogP contribution in [0.4, 0.5) is 49.6 Å². The predicted molar refractivity (Wildman–Crippen MR) is 553 cm³/mol. The normalized spacial score (nSPS) is 20.6. The van der Waals surface area contributed by atoms with Gasteiger partial charge in [-0.15, -0.1) is 0 Å². The molecule has 38 heteroatoms. The number of morpholine rings is 4. The number of aryl methyl sites for hydroxylation is 4. The minimum atomic E-state index is -2.93. The van der Waals surface area contributed by atoms with Gasteiger partial charge in [-0.05, 0) is 208 Å². The molecule has 32 nitrogen and oxygen atoms in total. The third-order valence-corrected chi connectivity index (χ3v) is 29.8. The van der Waals surface area contributed by atoms with Gasteiger partial charge in [0.25, 0.3) is 5.92 Å². The van der Waals surface area contributed by atoms with Crippen LogP contribution < -0.4 is 35.6 Å². The number of H-pyrrole nitrogens is 4. The first-order chi connectivity index (χ1) is 70.5. The van der Waals surface area contributed by atoms with Gasteiger partial charge in [0, 0.05) is 204 Å². The number of hydrogen-bond acceptors (Lipinski definition) is 24. The van der Waals surface area contributed by atoms with Crippen LogP contribution in [0.5, 0.6) is 0 Å². The topological polar surface area (TPSA) is 333 Å². The number of nitrogens with zero attached hydrogens (tertiary/aromatic N) is 20. The van der Waals surface area contributed by atoms with Crippen LogP contribution in [0.1, 0.15) is 118 Å². The Morgan fingerprint density at radius 1 is 0.370 bits per heavy atom. The molecule has 8 saturated heterocycles. The first-order valence-electron chi connectivity index (χ1n) is 50.8. The second-order valence-corrected chi connectivity index (χ2v) is 40.6. The third kappa shape index (κ3) is 20.0. The Morgan fingerprint density at radius 3 is 0.986 bits per heavy atom. The van der Waals surface area contributed by atoms with Crippen LogP contribution in [0.25, 0.3) is 134 Å². The molecule has 7 atom stereocenters. The molecule has 0 bridgehead atoms. The molecule has 146 heavy (non-hydrogen) atoms. The maximum absolute atomic E-state index is 14.9. The number of halogens is 6. The summed E-state index contributed by atoms with van der Waals surface area (Å²) in [6.07, 6.45) is 12.2. The van der Waals surface area contributed by atoms with E-state index in [1.165, 1.54) is 66.1 Å². The maximum Gasteiger partial charge on any atom is 0.282 e. The van der Waals surface area contributed by atoms with Crippen molar-refractivity contribution in [2.75, 3.05) is 138 Å². The van der Waals surface area contributed by atoms with E-state index in [1.807, 2.05) is 94.8 Å². The van der Waals surface area contributed by atoms with Gasteiger partial charge >= 0.3 is 0 Å². The summed E-state index contributed by atoms with van der Waals surface area (Å²) in [4.78, 5) is 61.0. The van der Waals surface area contributed by atoms with Gasteiger partial charge in [-0.2, -0.15) is 20.4 Å². The second-order valence-electron chi connectivity index (χ2n) is 40.6. The summed E-state index contributed by atoms with van der Waals surface area (Å²) in [5.74, 6) is 0.705. The highest BCUT2D eigenvalue weighted by molar-refractivity contribution is 5.98. The Hall–Kier alpha value is -13.3. The van der Waals surface area contributed by atoms with Crippen LogP contribution in [0, 0.1) is 84.1 Å². The van der Waals surface area contributed by atoms with Gasteiger partial charge in [0.05, 0.1) is 162 Å². The molecule has 764 valence electrons. The fourth-order valence-corrected chi connectivity index (χ4v) is 22.2. The largest absolute Gasteiger partial charge is 0.380 e. The van der Waals surface area contributed by atoms with E-state index in [1.54, 1.807) is 13.1 Å². The Balaban J connectivity index is 0.000000114. The average molecular weight is 2000 g/mol. The molecule has 12 aromatic heterocycles. The van der Waals surface area contributed by atoms with Crippen molar-refractivity contribution in [2.24, 2.45) is 5.41 Å². The van der Waals surface area contributed by atoms with Gasteiger partial charge in [0.1, 0.15) is 52.6 Å². The second kappa shape index (κ2) is 41.2. The highest BCUT2D eigenvalue weighted by Gasteiger charge is 2.45. The molecule has 0 aliphatic carbocycles. The van der Waals surface area contributed by atoms with Crippen molar-refractivity contribution >= 4 is 66.9 Å². The summed E-state index contributed by atoms with van der Waals surface area (Å²) in [5, 5.41) is 32.6. The highest BCUT2D eigenvalue weighted by Crippen LogP contribution is 2.44. The van der Waals surface area contributed by atoms with E-state index in [9.17, 15) is 26.3 Å². The predicted octanol–water partition coefficient (Wildman–Crippen LogP) is 17.6. The number of piperidine rings is 1. The van der Waals surface area contributed by atoms with Crippen molar-refractivity contribution in [3.63, 3.8) is 0 Å². The number of aromatic nitrogens is 20. The lowest BCUT2D eigenvalue weighted by atomic mass is 9.89. The quantitative estimate of drug-likeness (QED) is 0.0370. The Kier molecular flexibility index (Phi) is 27.8. The fraction of sp³-hybridized carbons (Fsp3) is 0.444. The fourth-order valence-electron chi connectivity index (χ4n) is 22.2. The molecule has 16 aromatic rings. The molecule has 7 N–H and O–H groups in total. The van der Waals surface area contributed by atoms with Gasteiger partial charge in [-0.25, -0.2) is 66.2 Å². The molecule has 0 radical (unpaired) electrons. The van der Waals surface area contributed by atoms with Gasteiger partial charge in [-0.1, -0.05) is 6.92 Å². The summed E-state index contributed by atoms with van der Waals surface area (Å²) < 4.78 is 124.